The average Bonchev–Trinajstić information content (AvgIpc) is 3.39. The van der Waals surface area contributed by atoms with Gasteiger partial charge in [0.15, 0.2) is 0 Å². The Labute approximate surface area is 167 Å². The molecule has 4 rings (SSSR count). The number of benzene rings is 2. The molecule has 3 heteroatoms. The fourth-order valence-corrected chi connectivity index (χ4v) is 12.2. The van der Waals surface area contributed by atoms with Gasteiger partial charge in [0.05, 0.1) is 0 Å². The number of allylic oxidation sites excluding steroid dienone is 8. The Hall–Kier alpha value is -2.12. The van der Waals surface area contributed by atoms with Crippen LogP contribution in [0.1, 0.15) is 11.1 Å². The quantitative estimate of drug-likeness (QED) is 0.510. The molecule has 0 bridgehead atoms. The molecule has 0 radical (unpaired) electrons. The van der Waals surface area contributed by atoms with E-state index in [-0.39, 0.29) is 7.25 Å². The third kappa shape index (κ3) is 3.94. The van der Waals surface area contributed by atoms with E-state index < -0.39 is 21.1 Å². The average molecular weight is 436 g/mol. The SMILES string of the molecule is Cc1ccc([O][Zr]([O]c2ccc(C)cc2)([CH]2C=CC=C2)[CH]2C=CC=C2)cc1. The van der Waals surface area contributed by atoms with E-state index in [1.54, 1.807) is 0 Å². The summed E-state index contributed by atoms with van der Waals surface area (Å²) in [6, 6.07) is 16.6. The molecular formula is C24H24O2Zr. The van der Waals surface area contributed by atoms with E-state index in [9.17, 15) is 0 Å². The zero-order chi connectivity index (χ0) is 18.7. The van der Waals surface area contributed by atoms with Crippen molar-refractivity contribution in [1.82, 2.24) is 0 Å². The summed E-state index contributed by atoms with van der Waals surface area (Å²) in [5, 5.41) is 0. The van der Waals surface area contributed by atoms with Gasteiger partial charge in [0.1, 0.15) is 0 Å². The van der Waals surface area contributed by atoms with Gasteiger partial charge in [-0.3, -0.25) is 0 Å². The number of aryl methyl sites for hydroxylation is 2. The molecule has 2 aromatic carbocycles. The van der Waals surface area contributed by atoms with Crippen LogP contribution in [-0.4, -0.2) is 0 Å². The monoisotopic (exact) mass is 434 g/mol. The van der Waals surface area contributed by atoms with Gasteiger partial charge in [0.25, 0.3) is 0 Å². The molecule has 2 aromatic rings. The summed E-state index contributed by atoms with van der Waals surface area (Å²) in [4.78, 5) is 0. The molecule has 2 nitrogen and oxygen atoms in total. The molecule has 2 aliphatic carbocycles. The van der Waals surface area contributed by atoms with Gasteiger partial charge >= 0.3 is 168 Å². The van der Waals surface area contributed by atoms with Crippen molar-refractivity contribution in [1.29, 1.82) is 0 Å². The van der Waals surface area contributed by atoms with Gasteiger partial charge in [-0.2, -0.15) is 0 Å². The van der Waals surface area contributed by atoms with Crippen molar-refractivity contribution in [2.45, 2.75) is 21.1 Å². The maximum atomic E-state index is 6.84. The van der Waals surface area contributed by atoms with Crippen LogP contribution in [0.2, 0.25) is 7.25 Å². The predicted molar refractivity (Wildman–Crippen MR) is 108 cm³/mol. The zero-order valence-corrected chi connectivity index (χ0v) is 18.2. The maximum absolute atomic E-state index is 6.84. The fourth-order valence-electron chi connectivity index (χ4n) is 3.50. The van der Waals surface area contributed by atoms with Crippen LogP contribution in [0.5, 0.6) is 11.5 Å². The van der Waals surface area contributed by atoms with Crippen molar-refractivity contribution in [3.63, 3.8) is 0 Å². The second kappa shape index (κ2) is 7.86. The van der Waals surface area contributed by atoms with Crippen LogP contribution >= 0.6 is 0 Å². The minimum atomic E-state index is -3.77. The molecule has 0 aliphatic heterocycles. The molecule has 0 aromatic heterocycles. The van der Waals surface area contributed by atoms with E-state index >= 15 is 0 Å². The molecule has 2 aliphatic rings. The molecule has 0 unspecified atom stereocenters. The summed E-state index contributed by atoms with van der Waals surface area (Å²) >= 11 is -3.77. The van der Waals surface area contributed by atoms with Crippen LogP contribution in [0.3, 0.4) is 0 Å². The van der Waals surface area contributed by atoms with Gasteiger partial charge in [-0.25, -0.2) is 0 Å². The zero-order valence-electron chi connectivity index (χ0n) is 15.7. The van der Waals surface area contributed by atoms with Gasteiger partial charge in [-0.1, -0.05) is 0 Å². The van der Waals surface area contributed by atoms with Crippen molar-refractivity contribution in [2.75, 3.05) is 0 Å². The topological polar surface area (TPSA) is 18.5 Å². The van der Waals surface area contributed by atoms with Gasteiger partial charge in [0, 0.05) is 0 Å². The van der Waals surface area contributed by atoms with E-state index in [0.29, 0.717) is 0 Å². The van der Waals surface area contributed by atoms with Crippen molar-refractivity contribution in [3.05, 3.63) is 108 Å². The summed E-state index contributed by atoms with van der Waals surface area (Å²) in [7, 11) is 0. The van der Waals surface area contributed by atoms with E-state index in [4.69, 9.17) is 5.63 Å². The number of hydrogen-bond acceptors (Lipinski definition) is 2. The van der Waals surface area contributed by atoms with Crippen LogP contribution < -0.4 is 5.63 Å². The molecule has 27 heavy (non-hydrogen) atoms. The fraction of sp³-hybridized carbons (Fsp3) is 0.167. The van der Waals surface area contributed by atoms with Crippen LogP contribution in [0.15, 0.2) is 97.1 Å². The molecule has 136 valence electrons. The summed E-state index contributed by atoms with van der Waals surface area (Å²) in [5.74, 6) is 1.79. The third-order valence-corrected chi connectivity index (χ3v) is 14.2. The summed E-state index contributed by atoms with van der Waals surface area (Å²) in [5.41, 5.74) is 2.45. The predicted octanol–water partition coefficient (Wildman–Crippen LogP) is 6.57. The molecule has 0 saturated heterocycles. The molecule has 0 N–H and O–H groups in total. The van der Waals surface area contributed by atoms with Crippen molar-refractivity contribution < 1.29 is 26.8 Å². The van der Waals surface area contributed by atoms with Crippen LogP contribution in [0.4, 0.5) is 0 Å². The van der Waals surface area contributed by atoms with Crippen LogP contribution in [0.25, 0.3) is 0 Å². The van der Waals surface area contributed by atoms with Crippen LogP contribution in [-0.2, 0) is 21.1 Å². The first-order valence-electron chi connectivity index (χ1n) is 9.37. The Bertz CT molecular complexity index is 803. The van der Waals surface area contributed by atoms with E-state index in [1.165, 1.54) is 11.1 Å². The Balaban J connectivity index is 1.77. The van der Waals surface area contributed by atoms with Crippen LogP contribution in [0, 0.1) is 13.8 Å². The standard InChI is InChI=1S/2C7H8O.2C5H5.Zr/c2*1-6-2-4-7(8)5-3-6;2*1-2-4-5-3-1;/h2*2-5,8H,1H3;2*1-5H;/q;;;;+2/p-2. The van der Waals surface area contributed by atoms with Gasteiger partial charge < -0.3 is 0 Å². The molecule has 0 fully saturated rings. The molecule has 0 atom stereocenters. The molecule has 0 amide bonds. The normalized spacial score (nSPS) is 16.4. The summed E-state index contributed by atoms with van der Waals surface area (Å²) in [6.07, 6.45) is 17.4. The van der Waals surface area contributed by atoms with Crippen molar-refractivity contribution >= 4 is 0 Å². The molecule has 0 spiro atoms. The number of hydrogen-bond donors (Lipinski definition) is 0. The van der Waals surface area contributed by atoms with Gasteiger partial charge in [-0.15, -0.1) is 0 Å². The first-order valence-corrected chi connectivity index (χ1v) is 14.2. The Morgan fingerprint density at radius 3 is 1.22 bits per heavy atom. The van der Waals surface area contributed by atoms with Crippen molar-refractivity contribution in [3.8, 4) is 11.5 Å². The Morgan fingerprint density at radius 2 is 0.889 bits per heavy atom. The first-order chi connectivity index (χ1) is 13.2. The first kappa shape index (κ1) is 18.3. The summed E-state index contributed by atoms with van der Waals surface area (Å²) in [6.45, 7) is 4.18. The number of rotatable bonds is 6. The Kier molecular flexibility index (Phi) is 5.32. The Morgan fingerprint density at radius 1 is 0.556 bits per heavy atom. The third-order valence-electron chi connectivity index (χ3n) is 5.02. The molecular weight excluding hydrogens is 411 g/mol. The van der Waals surface area contributed by atoms with E-state index in [1.807, 2.05) is 0 Å². The van der Waals surface area contributed by atoms with E-state index in [0.717, 1.165) is 11.5 Å². The molecule has 0 saturated carbocycles. The van der Waals surface area contributed by atoms with Gasteiger partial charge in [-0.05, 0) is 0 Å². The second-order valence-corrected chi connectivity index (χ2v) is 15.0. The minimum absolute atomic E-state index is 0.208. The van der Waals surface area contributed by atoms with E-state index in [2.05, 4.69) is 111 Å². The van der Waals surface area contributed by atoms with Gasteiger partial charge in [0.2, 0.25) is 0 Å². The summed E-state index contributed by atoms with van der Waals surface area (Å²) < 4.78 is 14.1. The second-order valence-electron chi connectivity index (χ2n) is 7.14. The molecule has 0 heterocycles. The van der Waals surface area contributed by atoms with Crippen molar-refractivity contribution in [2.24, 2.45) is 0 Å².